The molecule has 3 aromatic heterocycles. The van der Waals surface area contributed by atoms with Gasteiger partial charge in [0.15, 0.2) is 11.7 Å². The number of aliphatic hydroxyl groups excluding tert-OH is 1. The Kier molecular flexibility index (Phi) is 4.85. The molecule has 0 aliphatic heterocycles. The van der Waals surface area contributed by atoms with E-state index < -0.39 is 0 Å². The van der Waals surface area contributed by atoms with Gasteiger partial charge in [-0.25, -0.2) is 9.97 Å². The average molecular weight is 366 g/mol. The van der Waals surface area contributed by atoms with Crippen molar-refractivity contribution in [3.8, 4) is 11.3 Å². The SMILES string of the molecule is Cc1ncc(-c2cnc3cnc(NC(=O)[C@H]4CC[C@H](CO)CC4)cc3c2)o1. The lowest BCUT2D eigenvalue weighted by Gasteiger charge is -2.26. The van der Waals surface area contributed by atoms with E-state index in [1.165, 1.54) is 0 Å². The number of anilines is 1. The summed E-state index contributed by atoms with van der Waals surface area (Å²) in [5, 5.41) is 13.0. The molecule has 0 atom stereocenters. The van der Waals surface area contributed by atoms with Gasteiger partial charge in [-0.2, -0.15) is 0 Å². The molecule has 0 spiro atoms. The van der Waals surface area contributed by atoms with Crippen molar-refractivity contribution < 1.29 is 14.3 Å². The van der Waals surface area contributed by atoms with Gasteiger partial charge in [-0.3, -0.25) is 9.78 Å². The first kappa shape index (κ1) is 17.6. The Morgan fingerprint density at radius 2 is 1.96 bits per heavy atom. The van der Waals surface area contributed by atoms with Crippen molar-refractivity contribution in [3.63, 3.8) is 0 Å². The summed E-state index contributed by atoms with van der Waals surface area (Å²) in [5.74, 6) is 2.08. The molecular formula is C20H22N4O3. The number of aryl methyl sites for hydroxylation is 1. The standard InChI is InChI=1S/C20H22N4O3/c1-12-21-10-18(27-12)16-6-15-7-19(23-9-17(15)22-8-16)24-20(26)14-4-2-13(11-25)3-5-14/h6-10,13-14,25H,2-5,11H2,1H3,(H,23,24,26)/t13-,14-. The molecule has 27 heavy (non-hydrogen) atoms. The van der Waals surface area contributed by atoms with Crippen molar-refractivity contribution >= 4 is 22.6 Å². The third-order valence-electron chi connectivity index (χ3n) is 5.20. The first-order chi connectivity index (χ1) is 13.1. The smallest absolute Gasteiger partial charge is 0.228 e. The van der Waals surface area contributed by atoms with Crippen molar-refractivity contribution in [1.82, 2.24) is 15.0 Å². The highest BCUT2D eigenvalue weighted by molar-refractivity contribution is 5.94. The van der Waals surface area contributed by atoms with E-state index in [4.69, 9.17) is 4.42 Å². The third kappa shape index (κ3) is 3.83. The predicted molar refractivity (Wildman–Crippen MR) is 101 cm³/mol. The number of nitrogens with one attached hydrogen (secondary N) is 1. The number of aliphatic hydroxyl groups is 1. The van der Waals surface area contributed by atoms with Crippen LogP contribution in [-0.4, -0.2) is 32.6 Å². The minimum Gasteiger partial charge on any atom is -0.441 e. The van der Waals surface area contributed by atoms with Gasteiger partial charge in [0.05, 0.1) is 17.9 Å². The Morgan fingerprint density at radius 3 is 2.67 bits per heavy atom. The van der Waals surface area contributed by atoms with Crippen LogP contribution >= 0.6 is 0 Å². The first-order valence-electron chi connectivity index (χ1n) is 9.22. The molecule has 4 rings (SSSR count). The molecule has 3 heterocycles. The number of rotatable bonds is 4. The van der Waals surface area contributed by atoms with Crippen LogP contribution in [0.1, 0.15) is 31.6 Å². The molecule has 0 aromatic carbocycles. The maximum atomic E-state index is 12.5. The monoisotopic (exact) mass is 366 g/mol. The number of carbonyl (C=O) groups excluding carboxylic acids is 1. The summed E-state index contributed by atoms with van der Waals surface area (Å²) < 4.78 is 5.56. The minimum absolute atomic E-state index is 0.00628. The third-order valence-corrected chi connectivity index (χ3v) is 5.20. The molecule has 140 valence electrons. The van der Waals surface area contributed by atoms with Gasteiger partial charge in [0.2, 0.25) is 5.91 Å². The number of nitrogens with zero attached hydrogens (tertiary/aromatic N) is 3. The highest BCUT2D eigenvalue weighted by Crippen LogP contribution is 2.29. The van der Waals surface area contributed by atoms with Crippen LogP contribution in [0.25, 0.3) is 22.2 Å². The van der Waals surface area contributed by atoms with Gasteiger partial charge < -0.3 is 14.8 Å². The van der Waals surface area contributed by atoms with Crippen molar-refractivity contribution in [2.24, 2.45) is 11.8 Å². The van der Waals surface area contributed by atoms with Gasteiger partial charge >= 0.3 is 0 Å². The number of oxazole rings is 1. The van der Waals surface area contributed by atoms with Gasteiger partial charge in [-0.15, -0.1) is 0 Å². The van der Waals surface area contributed by atoms with Crippen molar-refractivity contribution in [2.75, 3.05) is 11.9 Å². The molecule has 1 aliphatic rings. The summed E-state index contributed by atoms with van der Waals surface area (Å²) in [6, 6.07) is 3.78. The predicted octanol–water partition coefficient (Wildman–Crippen LogP) is 3.33. The molecule has 7 nitrogen and oxygen atoms in total. The van der Waals surface area contributed by atoms with Gasteiger partial charge in [0.1, 0.15) is 5.82 Å². The molecule has 1 fully saturated rings. The van der Waals surface area contributed by atoms with E-state index >= 15 is 0 Å². The lowest BCUT2D eigenvalue weighted by Crippen LogP contribution is -2.28. The fourth-order valence-electron chi connectivity index (χ4n) is 3.56. The van der Waals surface area contributed by atoms with E-state index in [-0.39, 0.29) is 18.4 Å². The molecule has 1 amide bonds. The quantitative estimate of drug-likeness (QED) is 0.734. The normalized spacial score (nSPS) is 19.9. The number of pyridine rings is 2. The van der Waals surface area contributed by atoms with E-state index in [9.17, 15) is 9.90 Å². The Morgan fingerprint density at radius 1 is 1.15 bits per heavy atom. The fraction of sp³-hybridized carbons (Fsp3) is 0.400. The highest BCUT2D eigenvalue weighted by atomic mass is 16.4. The molecule has 1 aliphatic carbocycles. The Bertz CT molecular complexity index is 961. The Labute approximate surface area is 156 Å². The van der Waals surface area contributed by atoms with Crippen LogP contribution < -0.4 is 5.32 Å². The zero-order chi connectivity index (χ0) is 18.8. The molecular weight excluding hydrogens is 344 g/mol. The maximum Gasteiger partial charge on any atom is 0.228 e. The van der Waals surface area contributed by atoms with Crippen LogP contribution in [0.15, 0.2) is 35.1 Å². The topological polar surface area (TPSA) is 101 Å². The lowest BCUT2D eigenvalue weighted by molar-refractivity contribution is -0.121. The summed E-state index contributed by atoms with van der Waals surface area (Å²) in [5.41, 5.74) is 1.57. The van der Waals surface area contributed by atoms with E-state index in [0.717, 1.165) is 42.1 Å². The largest absolute Gasteiger partial charge is 0.441 e. The van der Waals surface area contributed by atoms with Crippen LogP contribution in [0.5, 0.6) is 0 Å². The summed E-state index contributed by atoms with van der Waals surface area (Å²) in [4.78, 5) is 25.4. The molecule has 0 saturated heterocycles. The summed E-state index contributed by atoms with van der Waals surface area (Å²) in [7, 11) is 0. The minimum atomic E-state index is -0.0214. The zero-order valence-corrected chi connectivity index (χ0v) is 15.2. The fourth-order valence-corrected chi connectivity index (χ4v) is 3.56. The molecule has 0 unspecified atom stereocenters. The van der Waals surface area contributed by atoms with Crippen LogP contribution in [0.3, 0.4) is 0 Å². The van der Waals surface area contributed by atoms with Crippen molar-refractivity contribution in [2.45, 2.75) is 32.6 Å². The Balaban J connectivity index is 1.51. The second-order valence-corrected chi connectivity index (χ2v) is 7.12. The zero-order valence-electron chi connectivity index (χ0n) is 15.2. The molecule has 3 aromatic rings. The van der Waals surface area contributed by atoms with Crippen LogP contribution in [0, 0.1) is 18.8 Å². The van der Waals surface area contributed by atoms with E-state index in [1.54, 1.807) is 25.5 Å². The summed E-state index contributed by atoms with van der Waals surface area (Å²) >= 11 is 0. The van der Waals surface area contributed by atoms with Crippen LogP contribution in [-0.2, 0) is 4.79 Å². The van der Waals surface area contributed by atoms with Gasteiger partial charge in [0.25, 0.3) is 0 Å². The number of carbonyl (C=O) groups is 1. The molecule has 7 heteroatoms. The van der Waals surface area contributed by atoms with Crippen molar-refractivity contribution in [3.05, 3.63) is 36.6 Å². The molecule has 0 bridgehead atoms. The summed E-state index contributed by atoms with van der Waals surface area (Å²) in [6.07, 6.45) is 8.45. The first-order valence-corrected chi connectivity index (χ1v) is 9.22. The van der Waals surface area contributed by atoms with Gasteiger partial charge in [-0.1, -0.05) is 0 Å². The molecule has 1 saturated carbocycles. The number of hydrogen-bond acceptors (Lipinski definition) is 6. The van der Waals surface area contributed by atoms with E-state index in [0.29, 0.717) is 23.4 Å². The molecule has 0 radical (unpaired) electrons. The number of amides is 1. The van der Waals surface area contributed by atoms with Gasteiger partial charge in [0, 0.05) is 36.6 Å². The number of aromatic nitrogens is 3. The number of fused-ring (bicyclic) bond motifs is 1. The summed E-state index contributed by atoms with van der Waals surface area (Å²) in [6.45, 7) is 2.00. The lowest BCUT2D eigenvalue weighted by atomic mass is 9.82. The van der Waals surface area contributed by atoms with Crippen LogP contribution in [0.2, 0.25) is 0 Å². The second kappa shape index (κ2) is 7.44. The molecule has 2 N–H and O–H groups in total. The van der Waals surface area contributed by atoms with Crippen molar-refractivity contribution in [1.29, 1.82) is 0 Å². The highest BCUT2D eigenvalue weighted by Gasteiger charge is 2.26. The Hall–Kier alpha value is -2.80. The average Bonchev–Trinajstić information content (AvgIpc) is 3.14. The maximum absolute atomic E-state index is 12.5. The van der Waals surface area contributed by atoms with E-state index in [1.807, 2.05) is 12.1 Å². The van der Waals surface area contributed by atoms with Crippen LogP contribution in [0.4, 0.5) is 5.82 Å². The second-order valence-electron chi connectivity index (χ2n) is 7.12. The van der Waals surface area contributed by atoms with E-state index in [2.05, 4.69) is 20.3 Å². The number of hydrogen-bond donors (Lipinski definition) is 2. The van der Waals surface area contributed by atoms with Gasteiger partial charge in [-0.05, 0) is 43.7 Å².